The minimum Gasteiger partial charge on any atom is -0.491 e. The van der Waals surface area contributed by atoms with E-state index in [4.69, 9.17) is 9.26 Å². The quantitative estimate of drug-likeness (QED) is 0.522. The van der Waals surface area contributed by atoms with Crippen molar-refractivity contribution in [3.8, 4) is 16.5 Å². The van der Waals surface area contributed by atoms with Gasteiger partial charge in [-0.05, 0) is 36.9 Å². The van der Waals surface area contributed by atoms with Crippen LogP contribution in [0.4, 0.5) is 13.2 Å². The van der Waals surface area contributed by atoms with Crippen LogP contribution in [0.3, 0.4) is 0 Å². The molecule has 0 aliphatic rings. The lowest BCUT2D eigenvalue weighted by molar-refractivity contribution is -0.139. The van der Waals surface area contributed by atoms with Crippen LogP contribution in [0.1, 0.15) is 31.2 Å². The number of amides is 1. The van der Waals surface area contributed by atoms with E-state index in [2.05, 4.69) is 15.5 Å². The van der Waals surface area contributed by atoms with Gasteiger partial charge in [0.05, 0.1) is 16.5 Å². The van der Waals surface area contributed by atoms with Gasteiger partial charge in [-0.1, -0.05) is 23.4 Å². The third-order valence-corrected chi connectivity index (χ3v) is 4.96. The summed E-state index contributed by atoms with van der Waals surface area (Å²) < 4.78 is 49.4. The maximum atomic E-state index is 13.0. The third kappa shape index (κ3) is 6.06. The van der Waals surface area contributed by atoms with E-state index in [9.17, 15) is 18.0 Å². The molecular weight excluding hydrogens is 419 g/mol. The van der Waals surface area contributed by atoms with Crippen LogP contribution in [0.15, 0.2) is 46.3 Å². The summed E-state index contributed by atoms with van der Waals surface area (Å²) in [6.07, 6.45) is -3.32. The van der Waals surface area contributed by atoms with Crippen LogP contribution >= 0.6 is 11.3 Å². The highest BCUT2D eigenvalue weighted by molar-refractivity contribution is 7.13. The molecule has 0 saturated heterocycles. The second-order valence-electron chi connectivity index (χ2n) is 6.62. The zero-order chi connectivity index (χ0) is 21.6. The van der Waals surface area contributed by atoms with Gasteiger partial charge in [-0.3, -0.25) is 4.79 Å². The minimum atomic E-state index is -4.50. The molecule has 10 heteroatoms. The van der Waals surface area contributed by atoms with E-state index in [1.165, 1.54) is 29.5 Å². The van der Waals surface area contributed by atoms with Crippen molar-refractivity contribution in [2.45, 2.75) is 38.4 Å². The molecule has 30 heavy (non-hydrogen) atoms. The number of alkyl halides is 3. The van der Waals surface area contributed by atoms with E-state index in [1.54, 1.807) is 6.92 Å². The summed E-state index contributed by atoms with van der Waals surface area (Å²) in [5, 5.41) is 8.54. The molecule has 0 aliphatic carbocycles. The van der Waals surface area contributed by atoms with Crippen LogP contribution in [0.2, 0.25) is 0 Å². The number of carbonyl (C=O) groups excluding carboxylic acids is 1. The zero-order valence-corrected chi connectivity index (χ0v) is 16.9. The Balaban J connectivity index is 1.40. The van der Waals surface area contributed by atoms with Gasteiger partial charge in [-0.25, -0.2) is 0 Å². The standard InChI is InChI=1S/C20H20F3N3O3S/c1-13(12-28-15-7-3-2-6-14(15)20(21,22)23)24-17(27)9-4-10-18-25-19(26-29-18)16-8-5-11-30-16/h2-3,5-8,11,13H,4,9-10,12H2,1H3,(H,24,27). The lowest BCUT2D eigenvalue weighted by Crippen LogP contribution is -2.36. The summed E-state index contributed by atoms with van der Waals surface area (Å²) >= 11 is 1.51. The second-order valence-corrected chi connectivity index (χ2v) is 7.56. The van der Waals surface area contributed by atoms with Gasteiger partial charge < -0.3 is 14.6 Å². The Morgan fingerprint density at radius 1 is 1.27 bits per heavy atom. The lowest BCUT2D eigenvalue weighted by Gasteiger charge is -2.17. The Bertz CT molecular complexity index is 958. The van der Waals surface area contributed by atoms with Crippen LogP contribution < -0.4 is 10.1 Å². The Labute approximate surface area is 175 Å². The Kier molecular flexibility index (Phi) is 7.09. The van der Waals surface area contributed by atoms with Gasteiger partial charge in [-0.15, -0.1) is 11.3 Å². The molecule has 0 radical (unpaired) electrons. The highest BCUT2D eigenvalue weighted by atomic mass is 32.1. The molecular formula is C20H20F3N3O3S. The first-order valence-corrected chi connectivity index (χ1v) is 10.2. The Hall–Kier alpha value is -2.88. The number of rotatable bonds is 9. The fourth-order valence-electron chi connectivity index (χ4n) is 2.69. The van der Waals surface area contributed by atoms with Crippen LogP contribution in [0.5, 0.6) is 5.75 Å². The van der Waals surface area contributed by atoms with Crippen LogP contribution in [0, 0.1) is 0 Å². The summed E-state index contributed by atoms with van der Waals surface area (Å²) in [4.78, 5) is 17.3. The number of nitrogens with zero attached hydrogens (tertiary/aromatic N) is 2. The summed E-state index contributed by atoms with van der Waals surface area (Å²) in [6.45, 7) is 1.59. The second kappa shape index (κ2) is 9.75. The van der Waals surface area contributed by atoms with Gasteiger partial charge in [0.25, 0.3) is 0 Å². The smallest absolute Gasteiger partial charge is 0.419 e. The molecule has 6 nitrogen and oxygen atoms in total. The largest absolute Gasteiger partial charge is 0.491 e. The number of ether oxygens (including phenoxy) is 1. The van der Waals surface area contributed by atoms with Crippen molar-refractivity contribution in [2.75, 3.05) is 6.61 Å². The van der Waals surface area contributed by atoms with Crippen molar-refractivity contribution in [1.29, 1.82) is 0 Å². The van der Waals surface area contributed by atoms with Crippen LogP contribution in [0.25, 0.3) is 10.7 Å². The molecule has 2 aromatic heterocycles. The first-order valence-electron chi connectivity index (χ1n) is 9.28. The summed E-state index contributed by atoms with van der Waals surface area (Å²) in [5.74, 6) is 0.484. The number of carbonyl (C=O) groups is 1. The summed E-state index contributed by atoms with van der Waals surface area (Å²) in [5.41, 5.74) is -0.843. The van der Waals surface area contributed by atoms with Crippen molar-refractivity contribution in [3.05, 3.63) is 53.2 Å². The van der Waals surface area contributed by atoms with Crippen molar-refractivity contribution in [2.24, 2.45) is 0 Å². The molecule has 1 aromatic carbocycles. The molecule has 0 fully saturated rings. The van der Waals surface area contributed by atoms with E-state index in [-0.39, 0.29) is 24.7 Å². The van der Waals surface area contributed by atoms with Gasteiger partial charge in [-0.2, -0.15) is 18.2 Å². The SMILES string of the molecule is CC(COc1ccccc1C(F)(F)F)NC(=O)CCCc1nc(-c2cccs2)no1. The number of benzene rings is 1. The summed E-state index contributed by atoms with van der Waals surface area (Å²) in [6, 6.07) is 8.32. The fraction of sp³-hybridized carbons (Fsp3) is 0.350. The number of halogens is 3. The van der Waals surface area contributed by atoms with Gasteiger partial charge in [0, 0.05) is 12.8 Å². The molecule has 1 atom stereocenters. The normalized spacial score (nSPS) is 12.5. The third-order valence-electron chi connectivity index (χ3n) is 4.09. The number of thiophene rings is 1. The average Bonchev–Trinajstić information content (AvgIpc) is 3.37. The monoisotopic (exact) mass is 439 g/mol. The molecule has 2 heterocycles. The molecule has 160 valence electrons. The Morgan fingerprint density at radius 2 is 2.07 bits per heavy atom. The van der Waals surface area contributed by atoms with Crippen molar-refractivity contribution in [3.63, 3.8) is 0 Å². The number of para-hydroxylation sites is 1. The average molecular weight is 439 g/mol. The van der Waals surface area contributed by atoms with E-state index < -0.39 is 17.8 Å². The van der Waals surface area contributed by atoms with Crippen molar-refractivity contribution < 1.29 is 27.2 Å². The highest BCUT2D eigenvalue weighted by Crippen LogP contribution is 2.35. The number of aryl methyl sites for hydroxylation is 1. The Morgan fingerprint density at radius 3 is 2.80 bits per heavy atom. The topological polar surface area (TPSA) is 77.2 Å². The van der Waals surface area contributed by atoms with E-state index >= 15 is 0 Å². The zero-order valence-electron chi connectivity index (χ0n) is 16.1. The number of aromatic nitrogens is 2. The van der Waals surface area contributed by atoms with Crippen molar-refractivity contribution in [1.82, 2.24) is 15.5 Å². The molecule has 0 bridgehead atoms. The van der Waals surface area contributed by atoms with Crippen LogP contribution in [-0.2, 0) is 17.4 Å². The van der Waals surface area contributed by atoms with Crippen LogP contribution in [-0.4, -0.2) is 28.7 Å². The molecule has 3 aromatic rings. The minimum absolute atomic E-state index is 0.0767. The van der Waals surface area contributed by atoms with Gasteiger partial charge in [0.15, 0.2) is 0 Å². The van der Waals surface area contributed by atoms with Gasteiger partial charge in [0.1, 0.15) is 12.4 Å². The van der Waals surface area contributed by atoms with Crippen molar-refractivity contribution >= 4 is 17.2 Å². The number of hydrogen-bond acceptors (Lipinski definition) is 6. The molecule has 3 rings (SSSR count). The molecule has 1 N–H and O–H groups in total. The molecule has 0 aliphatic heterocycles. The lowest BCUT2D eigenvalue weighted by atomic mass is 10.2. The van der Waals surface area contributed by atoms with E-state index in [1.807, 2.05) is 17.5 Å². The highest BCUT2D eigenvalue weighted by Gasteiger charge is 2.34. The van der Waals surface area contributed by atoms with Gasteiger partial charge in [0.2, 0.25) is 17.6 Å². The first-order chi connectivity index (χ1) is 14.3. The first kappa shape index (κ1) is 21.8. The van der Waals surface area contributed by atoms with E-state index in [0.29, 0.717) is 24.6 Å². The molecule has 1 unspecified atom stereocenters. The molecule has 1 amide bonds. The molecule has 0 saturated carbocycles. The summed E-state index contributed by atoms with van der Waals surface area (Å²) in [7, 11) is 0. The fourth-order valence-corrected chi connectivity index (χ4v) is 3.34. The number of nitrogens with one attached hydrogen (secondary N) is 1. The maximum Gasteiger partial charge on any atom is 0.419 e. The van der Waals surface area contributed by atoms with E-state index in [0.717, 1.165) is 10.9 Å². The predicted molar refractivity (Wildman–Crippen MR) is 105 cm³/mol. The maximum absolute atomic E-state index is 13.0. The predicted octanol–water partition coefficient (Wildman–Crippen LogP) is 4.72. The number of hydrogen-bond donors (Lipinski definition) is 1. The molecule has 0 spiro atoms. The van der Waals surface area contributed by atoms with Gasteiger partial charge >= 0.3 is 6.18 Å².